The van der Waals surface area contributed by atoms with Gasteiger partial charge in [-0.05, 0) is 37.1 Å². The topological polar surface area (TPSA) is 84.9 Å². The zero-order chi connectivity index (χ0) is 17.5. The van der Waals surface area contributed by atoms with Crippen molar-refractivity contribution in [2.75, 3.05) is 5.32 Å². The van der Waals surface area contributed by atoms with Crippen LogP contribution in [-0.4, -0.2) is 35.6 Å². The summed E-state index contributed by atoms with van der Waals surface area (Å²) in [5.41, 5.74) is 0.251. The highest BCUT2D eigenvalue weighted by atomic mass is 19.4. The smallest absolute Gasteiger partial charge is 0.481 e. The molecule has 2 aliphatic rings. The summed E-state index contributed by atoms with van der Waals surface area (Å²) < 4.78 is 45.5. The van der Waals surface area contributed by atoms with Gasteiger partial charge < -0.3 is 19.9 Å². The van der Waals surface area contributed by atoms with Crippen molar-refractivity contribution in [3.8, 4) is 5.75 Å². The Hall–Kier alpha value is -2.29. The van der Waals surface area contributed by atoms with Gasteiger partial charge in [-0.25, -0.2) is 0 Å². The van der Waals surface area contributed by atoms with Gasteiger partial charge in [-0.2, -0.15) is 0 Å². The van der Waals surface area contributed by atoms with E-state index < -0.39 is 48.0 Å². The van der Waals surface area contributed by atoms with Crippen LogP contribution in [0.25, 0.3) is 0 Å². The first-order valence-electron chi connectivity index (χ1n) is 7.29. The van der Waals surface area contributed by atoms with Gasteiger partial charge in [0.05, 0.1) is 24.0 Å². The van der Waals surface area contributed by atoms with Crippen molar-refractivity contribution in [3.05, 3.63) is 24.3 Å². The molecular formula is C15H14F3NO5. The number of anilines is 1. The summed E-state index contributed by atoms with van der Waals surface area (Å²) in [6.07, 6.45) is -4.48. The van der Waals surface area contributed by atoms with Crippen molar-refractivity contribution in [2.24, 2.45) is 11.8 Å². The first-order valence-corrected chi connectivity index (χ1v) is 7.29. The molecule has 1 aromatic rings. The fraction of sp³-hybridized carbons (Fsp3) is 0.467. The maximum atomic E-state index is 12.4. The predicted molar refractivity (Wildman–Crippen MR) is 74.3 cm³/mol. The van der Waals surface area contributed by atoms with Crippen LogP contribution in [-0.2, 0) is 14.3 Å². The number of carboxylic acid groups (broad SMARTS) is 1. The van der Waals surface area contributed by atoms with Crippen LogP contribution in [0, 0.1) is 11.8 Å². The molecule has 2 bridgehead atoms. The Kier molecular flexibility index (Phi) is 4.12. The van der Waals surface area contributed by atoms with E-state index in [1.807, 2.05) is 0 Å². The van der Waals surface area contributed by atoms with Gasteiger partial charge in [-0.1, -0.05) is 0 Å². The molecule has 0 saturated carbocycles. The van der Waals surface area contributed by atoms with Gasteiger partial charge in [-0.3, -0.25) is 9.59 Å². The number of hydrogen-bond donors (Lipinski definition) is 2. The molecule has 24 heavy (non-hydrogen) atoms. The molecule has 2 fully saturated rings. The number of aliphatic carboxylic acids is 1. The molecule has 0 spiro atoms. The fourth-order valence-electron chi connectivity index (χ4n) is 3.29. The van der Waals surface area contributed by atoms with Crippen LogP contribution in [0.4, 0.5) is 18.9 Å². The molecule has 2 saturated heterocycles. The lowest BCUT2D eigenvalue weighted by atomic mass is 9.78. The van der Waals surface area contributed by atoms with Crippen LogP contribution in [0.3, 0.4) is 0 Å². The van der Waals surface area contributed by atoms with E-state index in [0.29, 0.717) is 12.8 Å². The van der Waals surface area contributed by atoms with Crippen molar-refractivity contribution in [3.63, 3.8) is 0 Å². The van der Waals surface area contributed by atoms with Crippen LogP contribution in [0.2, 0.25) is 0 Å². The molecular weight excluding hydrogens is 331 g/mol. The largest absolute Gasteiger partial charge is 0.573 e. The highest BCUT2D eigenvalue weighted by Gasteiger charge is 2.55. The summed E-state index contributed by atoms with van der Waals surface area (Å²) in [6, 6.07) is 4.63. The number of nitrogens with one attached hydrogen (secondary N) is 1. The second-order valence-corrected chi connectivity index (χ2v) is 5.74. The Labute approximate surface area is 134 Å². The van der Waals surface area contributed by atoms with Gasteiger partial charge in [0.15, 0.2) is 0 Å². The number of hydrogen-bond acceptors (Lipinski definition) is 4. The Bertz CT molecular complexity index is 646. The van der Waals surface area contributed by atoms with Gasteiger partial charge in [0.2, 0.25) is 5.91 Å². The molecule has 1 amide bonds. The average molecular weight is 345 g/mol. The van der Waals surface area contributed by atoms with E-state index in [1.54, 1.807) is 0 Å². The lowest BCUT2D eigenvalue weighted by Crippen LogP contribution is -2.40. The molecule has 9 heteroatoms. The minimum absolute atomic E-state index is 0.251. The van der Waals surface area contributed by atoms with Crippen LogP contribution < -0.4 is 10.1 Å². The predicted octanol–water partition coefficient (Wildman–Crippen LogP) is 2.40. The number of amides is 1. The average Bonchev–Trinajstić information content (AvgIpc) is 3.08. The Morgan fingerprint density at radius 1 is 1.12 bits per heavy atom. The van der Waals surface area contributed by atoms with Crippen molar-refractivity contribution in [2.45, 2.75) is 31.4 Å². The SMILES string of the molecule is O=C(O)C1C2CCC(O2)C1C(=O)Nc1ccc(OC(F)(F)F)cc1. The van der Waals surface area contributed by atoms with E-state index in [2.05, 4.69) is 10.1 Å². The number of benzene rings is 1. The molecule has 0 aromatic heterocycles. The molecule has 3 rings (SSSR count). The highest BCUT2D eigenvalue weighted by Crippen LogP contribution is 2.44. The highest BCUT2D eigenvalue weighted by molar-refractivity contribution is 5.96. The fourth-order valence-corrected chi connectivity index (χ4v) is 3.29. The molecule has 4 atom stereocenters. The summed E-state index contributed by atoms with van der Waals surface area (Å²) in [6.45, 7) is 0. The zero-order valence-corrected chi connectivity index (χ0v) is 12.2. The molecule has 2 N–H and O–H groups in total. The third kappa shape index (κ3) is 3.30. The van der Waals surface area contributed by atoms with Gasteiger partial charge in [-0.15, -0.1) is 13.2 Å². The van der Waals surface area contributed by atoms with Crippen LogP contribution >= 0.6 is 0 Å². The molecule has 4 unspecified atom stereocenters. The Morgan fingerprint density at radius 3 is 2.25 bits per heavy atom. The summed E-state index contributed by atoms with van der Waals surface area (Å²) in [7, 11) is 0. The first kappa shape index (κ1) is 16.6. The molecule has 0 aliphatic carbocycles. The van der Waals surface area contributed by atoms with Crippen molar-refractivity contribution >= 4 is 17.6 Å². The maximum Gasteiger partial charge on any atom is 0.573 e. The molecule has 130 valence electrons. The Balaban J connectivity index is 1.67. The summed E-state index contributed by atoms with van der Waals surface area (Å²) >= 11 is 0. The summed E-state index contributed by atoms with van der Waals surface area (Å²) in [5, 5.41) is 11.8. The number of fused-ring (bicyclic) bond motifs is 2. The van der Waals surface area contributed by atoms with Crippen LogP contribution in [0.15, 0.2) is 24.3 Å². The normalized spacial score (nSPS) is 28.6. The van der Waals surface area contributed by atoms with Crippen molar-refractivity contribution < 1.29 is 37.3 Å². The van der Waals surface area contributed by atoms with E-state index in [0.717, 1.165) is 12.1 Å². The number of carbonyl (C=O) groups is 2. The number of alkyl halides is 3. The van der Waals surface area contributed by atoms with Gasteiger partial charge >= 0.3 is 12.3 Å². The van der Waals surface area contributed by atoms with Gasteiger partial charge in [0, 0.05) is 5.69 Å². The van der Waals surface area contributed by atoms with Gasteiger partial charge in [0.1, 0.15) is 5.75 Å². The molecule has 1 aromatic carbocycles. The first-order chi connectivity index (χ1) is 11.2. The molecule has 2 heterocycles. The van der Waals surface area contributed by atoms with Gasteiger partial charge in [0.25, 0.3) is 0 Å². The quantitative estimate of drug-likeness (QED) is 0.875. The van der Waals surface area contributed by atoms with E-state index in [4.69, 9.17) is 4.74 Å². The number of ether oxygens (including phenoxy) is 2. The minimum atomic E-state index is -4.79. The van der Waals surface area contributed by atoms with E-state index >= 15 is 0 Å². The minimum Gasteiger partial charge on any atom is -0.481 e. The standard InChI is InChI=1S/C15H14F3NO5/c16-15(17,18)24-8-3-1-7(2-4-8)19-13(20)11-9-5-6-10(23-9)12(11)14(21)22/h1-4,9-12H,5-6H2,(H,19,20)(H,21,22). The molecule has 2 aliphatic heterocycles. The summed E-state index contributed by atoms with van der Waals surface area (Å²) in [5.74, 6) is -3.73. The lowest BCUT2D eigenvalue weighted by Gasteiger charge is -2.23. The monoisotopic (exact) mass is 345 g/mol. The Morgan fingerprint density at radius 2 is 1.71 bits per heavy atom. The number of rotatable bonds is 4. The molecule has 6 nitrogen and oxygen atoms in total. The second-order valence-electron chi connectivity index (χ2n) is 5.74. The van der Waals surface area contributed by atoms with E-state index in [1.165, 1.54) is 12.1 Å². The van der Waals surface area contributed by atoms with Crippen molar-refractivity contribution in [1.29, 1.82) is 0 Å². The van der Waals surface area contributed by atoms with Crippen molar-refractivity contribution in [1.82, 2.24) is 0 Å². The lowest BCUT2D eigenvalue weighted by molar-refractivity contribution is -0.274. The number of carbonyl (C=O) groups excluding carboxylic acids is 1. The number of carboxylic acids is 1. The third-order valence-electron chi connectivity index (χ3n) is 4.22. The van der Waals surface area contributed by atoms with E-state index in [9.17, 15) is 27.9 Å². The third-order valence-corrected chi connectivity index (χ3v) is 4.22. The molecule has 0 radical (unpaired) electrons. The maximum absolute atomic E-state index is 12.4. The summed E-state index contributed by atoms with van der Waals surface area (Å²) in [4.78, 5) is 23.7. The van der Waals surface area contributed by atoms with E-state index in [-0.39, 0.29) is 5.69 Å². The second kappa shape index (κ2) is 5.97. The zero-order valence-electron chi connectivity index (χ0n) is 12.2. The van der Waals surface area contributed by atoms with Crippen LogP contribution in [0.5, 0.6) is 5.75 Å². The number of halogens is 3. The van der Waals surface area contributed by atoms with Crippen LogP contribution in [0.1, 0.15) is 12.8 Å².